The SMILES string of the molecule is [O-][n+]1cccc2c1NCC2. The zero-order valence-electron chi connectivity index (χ0n) is 5.50. The molecule has 52 valence electrons. The van der Waals surface area contributed by atoms with Crippen molar-refractivity contribution >= 4 is 5.82 Å². The van der Waals surface area contributed by atoms with E-state index in [1.807, 2.05) is 6.07 Å². The van der Waals surface area contributed by atoms with E-state index in [9.17, 15) is 5.21 Å². The van der Waals surface area contributed by atoms with Crippen LogP contribution in [0.3, 0.4) is 0 Å². The maximum atomic E-state index is 11.0. The molecule has 0 bridgehead atoms. The van der Waals surface area contributed by atoms with Crippen LogP contribution < -0.4 is 10.0 Å². The zero-order valence-corrected chi connectivity index (χ0v) is 5.50. The van der Waals surface area contributed by atoms with Crippen LogP contribution in [0.4, 0.5) is 5.82 Å². The first kappa shape index (κ1) is 5.53. The Balaban J connectivity index is 2.59. The van der Waals surface area contributed by atoms with Crippen LogP contribution in [0.2, 0.25) is 0 Å². The number of hydrogen-bond acceptors (Lipinski definition) is 2. The van der Waals surface area contributed by atoms with E-state index in [-0.39, 0.29) is 0 Å². The molecular formula is C7H8N2O. The summed E-state index contributed by atoms with van der Waals surface area (Å²) >= 11 is 0. The van der Waals surface area contributed by atoms with E-state index in [2.05, 4.69) is 5.32 Å². The summed E-state index contributed by atoms with van der Waals surface area (Å²) in [7, 11) is 0. The molecule has 0 amide bonds. The second kappa shape index (κ2) is 1.87. The molecule has 0 aliphatic carbocycles. The largest absolute Gasteiger partial charge is 0.711 e. The normalized spacial score (nSPS) is 14.4. The molecule has 1 aromatic heterocycles. The van der Waals surface area contributed by atoms with Crippen molar-refractivity contribution < 1.29 is 4.73 Å². The molecule has 1 aliphatic heterocycles. The summed E-state index contributed by atoms with van der Waals surface area (Å²) in [6.45, 7) is 0.890. The van der Waals surface area contributed by atoms with E-state index in [1.165, 1.54) is 6.20 Å². The zero-order chi connectivity index (χ0) is 6.97. The van der Waals surface area contributed by atoms with E-state index < -0.39 is 0 Å². The van der Waals surface area contributed by atoms with Crippen LogP contribution in [0.25, 0.3) is 0 Å². The number of fused-ring (bicyclic) bond motifs is 1. The predicted octanol–water partition coefficient (Wildman–Crippen LogP) is 0.288. The van der Waals surface area contributed by atoms with Crippen molar-refractivity contribution in [2.75, 3.05) is 11.9 Å². The minimum Gasteiger partial charge on any atom is -0.711 e. The Morgan fingerprint density at radius 2 is 2.50 bits per heavy atom. The highest BCUT2D eigenvalue weighted by molar-refractivity contribution is 5.44. The topological polar surface area (TPSA) is 39.0 Å². The third-order valence-electron chi connectivity index (χ3n) is 1.73. The van der Waals surface area contributed by atoms with Crippen molar-refractivity contribution in [3.63, 3.8) is 0 Å². The molecule has 0 atom stereocenters. The van der Waals surface area contributed by atoms with E-state index in [4.69, 9.17) is 0 Å². The number of rotatable bonds is 0. The molecule has 1 N–H and O–H groups in total. The first-order valence-corrected chi connectivity index (χ1v) is 3.33. The van der Waals surface area contributed by atoms with Gasteiger partial charge in [0.1, 0.15) is 0 Å². The van der Waals surface area contributed by atoms with Gasteiger partial charge in [0.25, 0.3) is 5.82 Å². The molecule has 3 heteroatoms. The molecule has 10 heavy (non-hydrogen) atoms. The van der Waals surface area contributed by atoms with Gasteiger partial charge in [-0.2, -0.15) is 0 Å². The van der Waals surface area contributed by atoms with Crippen molar-refractivity contribution in [2.45, 2.75) is 6.42 Å². The second-order valence-corrected chi connectivity index (χ2v) is 2.38. The molecule has 0 fully saturated rings. The van der Waals surface area contributed by atoms with Crippen LogP contribution >= 0.6 is 0 Å². The van der Waals surface area contributed by atoms with Gasteiger partial charge in [0.15, 0.2) is 0 Å². The lowest BCUT2D eigenvalue weighted by atomic mass is 10.2. The van der Waals surface area contributed by atoms with E-state index in [1.54, 1.807) is 6.07 Å². The molecule has 1 aliphatic rings. The fourth-order valence-electron chi connectivity index (χ4n) is 1.24. The summed E-state index contributed by atoms with van der Waals surface area (Å²) in [6.07, 6.45) is 2.48. The number of hydrogen-bond donors (Lipinski definition) is 1. The van der Waals surface area contributed by atoms with Crippen molar-refractivity contribution in [1.82, 2.24) is 0 Å². The molecule has 0 saturated heterocycles. The summed E-state index contributed by atoms with van der Waals surface area (Å²) in [6, 6.07) is 3.75. The van der Waals surface area contributed by atoms with Gasteiger partial charge in [-0.15, -0.1) is 0 Å². The van der Waals surface area contributed by atoms with Gasteiger partial charge in [0, 0.05) is 12.0 Å². The smallest absolute Gasteiger partial charge is 0.280 e. The van der Waals surface area contributed by atoms with Gasteiger partial charge in [0.2, 0.25) is 0 Å². The van der Waals surface area contributed by atoms with Crippen molar-refractivity contribution in [1.29, 1.82) is 0 Å². The quantitative estimate of drug-likeness (QED) is 0.411. The van der Waals surface area contributed by atoms with E-state index in [0.29, 0.717) is 0 Å². The average molecular weight is 136 g/mol. The molecule has 0 radical (unpaired) electrons. The molecule has 0 spiro atoms. The van der Waals surface area contributed by atoms with Crippen LogP contribution in [-0.2, 0) is 6.42 Å². The van der Waals surface area contributed by atoms with Gasteiger partial charge in [0.05, 0.1) is 12.7 Å². The minimum atomic E-state index is 0.725. The number of nitrogens with zero attached hydrogens (tertiary/aromatic N) is 1. The number of aromatic nitrogens is 1. The fourth-order valence-corrected chi connectivity index (χ4v) is 1.24. The molecule has 1 aromatic rings. The Morgan fingerprint density at radius 1 is 1.60 bits per heavy atom. The first-order valence-electron chi connectivity index (χ1n) is 3.33. The summed E-state index contributed by atoms with van der Waals surface area (Å²) in [5, 5.41) is 14.0. The molecule has 0 unspecified atom stereocenters. The van der Waals surface area contributed by atoms with Crippen molar-refractivity contribution in [3.8, 4) is 0 Å². The van der Waals surface area contributed by atoms with Crippen LogP contribution in [0.1, 0.15) is 5.56 Å². The third-order valence-corrected chi connectivity index (χ3v) is 1.73. The van der Waals surface area contributed by atoms with Gasteiger partial charge in [-0.05, 0) is 12.1 Å². The molecule has 3 nitrogen and oxygen atoms in total. The van der Waals surface area contributed by atoms with Crippen molar-refractivity contribution in [3.05, 3.63) is 29.1 Å². The number of pyridine rings is 1. The second-order valence-electron chi connectivity index (χ2n) is 2.38. The maximum absolute atomic E-state index is 11.0. The Kier molecular flexibility index (Phi) is 1.03. The summed E-state index contributed by atoms with van der Waals surface area (Å²) in [4.78, 5) is 0. The monoisotopic (exact) mass is 136 g/mol. The lowest BCUT2D eigenvalue weighted by Crippen LogP contribution is -2.28. The fraction of sp³-hybridized carbons (Fsp3) is 0.286. The number of nitrogens with one attached hydrogen (secondary N) is 1. The maximum Gasteiger partial charge on any atom is 0.280 e. The van der Waals surface area contributed by atoms with Crippen molar-refractivity contribution in [2.24, 2.45) is 0 Å². The third kappa shape index (κ3) is 0.635. The van der Waals surface area contributed by atoms with Gasteiger partial charge in [-0.3, -0.25) is 5.32 Å². The molecule has 0 saturated carbocycles. The highest BCUT2D eigenvalue weighted by Crippen LogP contribution is 2.15. The Bertz CT molecular complexity index is 260. The van der Waals surface area contributed by atoms with Crippen LogP contribution in [-0.4, -0.2) is 6.54 Å². The van der Waals surface area contributed by atoms with E-state index in [0.717, 1.165) is 29.1 Å². The van der Waals surface area contributed by atoms with E-state index >= 15 is 0 Å². The first-order chi connectivity index (χ1) is 4.88. The summed E-state index contributed by atoms with van der Waals surface area (Å²) < 4.78 is 0.877. The Morgan fingerprint density at radius 3 is 3.30 bits per heavy atom. The molecule has 0 aromatic carbocycles. The van der Waals surface area contributed by atoms with Gasteiger partial charge in [-0.25, -0.2) is 4.73 Å². The molecule has 2 rings (SSSR count). The van der Waals surface area contributed by atoms with Gasteiger partial charge in [-0.1, -0.05) is 0 Å². The van der Waals surface area contributed by atoms with Crippen LogP contribution in [0.15, 0.2) is 18.3 Å². The lowest BCUT2D eigenvalue weighted by molar-refractivity contribution is -0.590. The Labute approximate surface area is 58.9 Å². The highest BCUT2D eigenvalue weighted by Gasteiger charge is 2.16. The standard InChI is InChI=1S/C7H8N2O/c10-9-5-1-2-6-3-4-8-7(6)9/h1-2,5,8H,3-4H2. The average Bonchev–Trinajstić information content (AvgIpc) is 2.36. The Hall–Kier alpha value is -1.25. The lowest BCUT2D eigenvalue weighted by Gasteiger charge is -2.04. The predicted molar refractivity (Wildman–Crippen MR) is 37.6 cm³/mol. The van der Waals surface area contributed by atoms with Gasteiger partial charge >= 0.3 is 0 Å². The van der Waals surface area contributed by atoms with Crippen LogP contribution in [0.5, 0.6) is 0 Å². The minimum absolute atomic E-state index is 0.725. The van der Waals surface area contributed by atoms with Gasteiger partial charge < -0.3 is 5.21 Å². The van der Waals surface area contributed by atoms with Crippen LogP contribution in [0, 0.1) is 5.21 Å². The highest BCUT2D eigenvalue weighted by atomic mass is 16.5. The number of anilines is 1. The summed E-state index contributed by atoms with van der Waals surface area (Å²) in [5.74, 6) is 0.725. The molecule has 2 heterocycles. The molecular weight excluding hydrogens is 128 g/mol. The summed E-state index contributed by atoms with van der Waals surface area (Å²) in [5.41, 5.74) is 1.12.